The second kappa shape index (κ2) is 4.54. The molecule has 0 aliphatic carbocycles. The van der Waals surface area contributed by atoms with Gasteiger partial charge in [-0.1, -0.05) is 0 Å². The smallest absolute Gasteiger partial charge is 0.422 e. The number of urea groups is 1. The van der Waals surface area contributed by atoms with E-state index in [1.54, 1.807) is 4.90 Å². The van der Waals surface area contributed by atoms with E-state index in [4.69, 9.17) is 0 Å². The summed E-state index contributed by atoms with van der Waals surface area (Å²) in [5.74, 6) is 0. The fourth-order valence-electron chi connectivity index (χ4n) is 2.00. The summed E-state index contributed by atoms with van der Waals surface area (Å²) in [7, 11) is 0. The zero-order valence-electron chi connectivity index (χ0n) is 9.37. The third-order valence-electron chi connectivity index (χ3n) is 2.85. The normalized spacial score (nSPS) is 23.7. The van der Waals surface area contributed by atoms with Crippen LogP contribution in [0.5, 0.6) is 0 Å². The largest absolute Gasteiger partial charge is 0.440 e. The summed E-state index contributed by atoms with van der Waals surface area (Å²) in [5, 5.41) is 2.61. The van der Waals surface area contributed by atoms with Crippen molar-refractivity contribution in [1.82, 2.24) is 15.1 Å². The van der Waals surface area contributed by atoms with Gasteiger partial charge in [0.05, 0.1) is 6.04 Å². The number of carbonyl (C=O) groups is 2. The first-order valence-electron chi connectivity index (χ1n) is 5.40. The van der Waals surface area contributed by atoms with Crippen LogP contribution in [-0.2, 0) is 4.74 Å². The number of piperazine rings is 1. The molecule has 2 rings (SSSR count). The average molecular weight is 267 g/mol. The molecule has 0 spiro atoms. The van der Waals surface area contributed by atoms with Crippen molar-refractivity contribution < 1.29 is 27.5 Å². The molecule has 1 N–H and O–H groups in total. The molecule has 6 nitrogen and oxygen atoms in total. The zero-order valence-corrected chi connectivity index (χ0v) is 9.37. The highest BCUT2D eigenvalue weighted by Gasteiger charge is 2.38. The molecule has 2 saturated heterocycles. The van der Waals surface area contributed by atoms with Crippen molar-refractivity contribution >= 4 is 12.1 Å². The Morgan fingerprint density at radius 3 is 2.83 bits per heavy atom. The Balaban J connectivity index is 1.84. The van der Waals surface area contributed by atoms with Crippen molar-refractivity contribution in [2.75, 3.05) is 32.8 Å². The summed E-state index contributed by atoms with van der Waals surface area (Å²) in [6.07, 6.45) is -5.52. The summed E-state index contributed by atoms with van der Waals surface area (Å²) >= 11 is 0. The molecule has 2 heterocycles. The van der Waals surface area contributed by atoms with Crippen LogP contribution in [-0.4, -0.2) is 66.9 Å². The highest BCUT2D eigenvalue weighted by atomic mass is 19.4. The number of carbonyl (C=O) groups excluding carboxylic acids is 2. The maximum atomic E-state index is 11.9. The topological polar surface area (TPSA) is 61.9 Å². The monoisotopic (exact) mass is 267 g/mol. The van der Waals surface area contributed by atoms with Crippen molar-refractivity contribution in [3.8, 4) is 0 Å². The van der Waals surface area contributed by atoms with Crippen LogP contribution in [0.15, 0.2) is 0 Å². The molecule has 0 aromatic carbocycles. The lowest BCUT2D eigenvalue weighted by atomic mass is 10.2. The Bertz CT molecular complexity index is 361. The van der Waals surface area contributed by atoms with E-state index in [9.17, 15) is 22.8 Å². The van der Waals surface area contributed by atoms with Crippen molar-refractivity contribution in [1.29, 1.82) is 0 Å². The van der Waals surface area contributed by atoms with Gasteiger partial charge in [-0.05, 0) is 0 Å². The van der Waals surface area contributed by atoms with Gasteiger partial charge in [0.2, 0.25) is 0 Å². The van der Waals surface area contributed by atoms with Gasteiger partial charge in [0.15, 0.2) is 6.61 Å². The van der Waals surface area contributed by atoms with Gasteiger partial charge in [-0.25, -0.2) is 9.59 Å². The minimum atomic E-state index is -4.53. The van der Waals surface area contributed by atoms with E-state index in [2.05, 4.69) is 10.1 Å². The predicted molar refractivity (Wildman–Crippen MR) is 52.9 cm³/mol. The predicted octanol–water partition coefficient (Wildman–Crippen LogP) is 0.395. The van der Waals surface area contributed by atoms with Crippen LogP contribution in [0.4, 0.5) is 22.8 Å². The second-order valence-corrected chi connectivity index (χ2v) is 4.15. The third-order valence-corrected chi connectivity index (χ3v) is 2.85. The molecule has 2 aliphatic rings. The van der Waals surface area contributed by atoms with Crippen LogP contribution in [0.1, 0.15) is 0 Å². The summed E-state index contributed by atoms with van der Waals surface area (Å²) in [4.78, 5) is 25.4. The molecule has 102 valence electrons. The van der Waals surface area contributed by atoms with Gasteiger partial charge >= 0.3 is 18.3 Å². The molecular weight excluding hydrogens is 255 g/mol. The number of hydrogen-bond donors (Lipinski definition) is 1. The number of amides is 3. The van der Waals surface area contributed by atoms with Gasteiger partial charge in [-0.15, -0.1) is 0 Å². The van der Waals surface area contributed by atoms with Crippen molar-refractivity contribution in [2.45, 2.75) is 12.2 Å². The molecule has 0 saturated carbocycles. The lowest BCUT2D eigenvalue weighted by Crippen LogP contribution is -2.54. The van der Waals surface area contributed by atoms with E-state index in [1.807, 2.05) is 0 Å². The quantitative estimate of drug-likeness (QED) is 0.747. The van der Waals surface area contributed by atoms with Crippen LogP contribution in [0.3, 0.4) is 0 Å². The fraction of sp³-hybridized carbons (Fsp3) is 0.778. The third kappa shape index (κ3) is 2.77. The summed E-state index contributed by atoms with van der Waals surface area (Å²) < 4.78 is 39.8. The van der Waals surface area contributed by atoms with Gasteiger partial charge in [0.1, 0.15) is 0 Å². The average Bonchev–Trinajstić information content (AvgIpc) is 2.66. The van der Waals surface area contributed by atoms with Crippen molar-refractivity contribution in [2.24, 2.45) is 0 Å². The Hall–Kier alpha value is -1.67. The minimum absolute atomic E-state index is 0.181. The number of fused-ring (bicyclic) bond motifs is 1. The van der Waals surface area contributed by atoms with Crippen LogP contribution in [0, 0.1) is 0 Å². The van der Waals surface area contributed by atoms with Gasteiger partial charge in [-0.2, -0.15) is 13.2 Å². The molecule has 0 aromatic rings. The number of halogens is 3. The van der Waals surface area contributed by atoms with Crippen molar-refractivity contribution in [3.05, 3.63) is 0 Å². The van der Waals surface area contributed by atoms with E-state index < -0.39 is 18.9 Å². The Labute approximate surface area is 101 Å². The van der Waals surface area contributed by atoms with E-state index >= 15 is 0 Å². The van der Waals surface area contributed by atoms with Crippen LogP contribution < -0.4 is 5.32 Å². The molecule has 18 heavy (non-hydrogen) atoms. The van der Waals surface area contributed by atoms with E-state index in [1.165, 1.54) is 4.90 Å². The number of hydrogen-bond acceptors (Lipinski definition) is 3. The molecule has 2 aliphatic heterocycles. The standard InChI is InChI=1S/C9H12F3N3O3/c10-9(11,12)5-18-8(17)14-1-2-15-6(4-14)3-13-7(15)16/h6H,1-5H2,(H,13,16). The van der Waals surface area contributed by atoms with Crippen molar-refractivity contribution in [3.63, 3.8) is 0 Å². The molecule has 2 fully saturated rings. The first-order chi connectivity index (χ1) is 8.37. The van der Waals surface area contributed by atoms with Gasteiger partial charge in [-0.3, -0.25) is 0 Å². The molecular formula is C9H12F3N3O3. The summed E-state index contributed by atoms with van der Waals surface area (Å²) in [6, 6.07) is -0.395. The van der Waals surface area contributed by atoms with Crippen LogP contribution in [0.25, 0.3) is 0 Å². The Morgan fingerprint density at radius 2 is 2.17 bits per heavy atom. The van der Waals surface area contributed by atoms with E-state index in [-0.39, 0.29) is 25.2 Å². The molecule has 1 atom stereocenters. The Morgan fingerprint density at radius 1 is 1.44 bits per heavy atom. The highest BCUT2D eigenvalue weighted by Crippen LogP contribution is 2.17. The van der Waals surface area contributed by atoms with E-state index in [0.717, 1.165) is 0 Å². The van der Waals surface area contributed by atoms with Gasteiger partial charge in [0, 0.05) is 26.2 Å². The summed E-state index contributed by atoms with van der Waals surface area (Å²) in [5.41, 5.74) is 0. The molecule has 1 unspecified atom stereocenters. The maximum absolute atomic E-state index is 11.9. The fourth-order valence-corrected chi connectivity index (χ4v) is 2.00. The number of alkyl halides is 3. The lowest BCUT2D eigenvalue weighted by Gasteiger charge is -2.35. The van der Waals surface area contributed by atoms with Gasteiger partial charge in [0.25, 0.3) is 0 Å². The Kier molecular flexibility index (Phi) is 3.22. The van der Waals surface area contributed by atoms with E-state index in [0.29, 0.717) is 13.1 Å². The molecule has 0 aromatic heterocycles. The number of rotatable bonds is 1. The summed E-state index contributed by atoms with van der Waals surface area (Å²) in [6.45, 7) is -0.524. The molecule has 0 radical (unpaired) electrons. The lowest BCUT2D eigenvalue weighted by molar-refractivity contribution is -0.162. The first-order valence-corrected chi connectivity index (χ1v) is 5.40. The number of ether oxygens (including phenoxy) is 1. The molecule has 9 heteroatoms. The van der Waals surface area contributed by atoms with Crippen LogP contribution in [0.2, 0.25) is 0 Å². The second-order valence-electron chi connectivity index (χ2n) is 4.15. The zero-order chi connectivity index (χ0) is 13.3. The first kappa shape index (κ1) is 12.8. The number of nitrogens with zero attached hydrogens (tertiary/aromatic N) is 2. The van der Waals surface area contributed by atoms with Crippen LogP contribution >= 0.6 is 0 Å². The SMILES string of the molecule is O=C(OCC(F)(F)F)N1CCN2C(=O)NCC2C1. The minimum Gasteiger partial charge on any atom is -0.440 e. The molecule has 0 bridgehead atoms. The number of nitrogens with one attached hydrogen (secondary N) is 1. The van der Waals surface area contributed by atoms with Gasteiger partial charge < -0.3 is 19.9 Å². The highest BCUT2D eigenvalue weighted by molar-refractivity contribution is 5.77. The molecule has 3 amide bonds. The maximum Gasteiger partial charge on any atom is 0.422 e.